The second kappa shape index (κ2) is 12.0. The van der Waals surface area contributed by atoms with Crippen molar-refractivity contribution in [1.82, 2.24) is 14.8 Å². The van der Waals surface area contributed by atoms with Gasteiger partial charge in [0, 0.05) is 38.5 Å². The highest BCUT2D eigenvalue weighted by molar-refractivity contribution is 5.69. The van der Waals surface area contributed by atoms with Gasteiger partial charge in [-0.05, 0) is 55.2 Å². The Morgan fingerprint density at radius 3 is 2.47 bits per heavy atom. The van der Waals surface area contributed by atoms with Gasteiger partial charge in [-0.15, -0.1) is 0 Å². The number of pyridine rings is 1. The summed E-state index contributed by atoms with van der Waals surface area (Å²) < 4.78 is 20.1. The van der Waals surface area contributed by atoms with E-state index >= 15 is 0 Å². The third-order valence-electron chi connectivity index (χ3n) is 5.24. The Bertz CT molecular complexity index is 988. The molecule has 0 bridgehead atoms. The van der Waals surface area contributed by atoms with Crippen molar-refractivity contribution in [2.24, 2.45) is 7.05 Å². The highest BCUT2D eigenvalue weighted by atomic mass is 19.1. The monoisotopic (exact) mass is 438 g/mol. The molecule has 170 valence electrons. The van der Waals surface area contributed by atoms with Crippen molar-refractivity contribution in [3.05, 3.63) is 60.7 Å². The first-order valence-corrected chi connectivity index (χ1v) is 11.2. The largest absolute Gasteiger partial charge is 0.466 e. The SMILES string of the molecule is CCOC(=O)CCCCCCCN(c1cc(-c2ccc(F)cc2)ccn1)c1ccn(C)n1. The zero-order chi connectivity index (χ0) is 22.8. The molecule has 0 fully saturated rings. The molecule has 3 aromatic rings. The summed E-state index contributed by atoms with van der Waals surface area (Å²) in [4.78, 5) is 18.1. The molecular formula is C25H31FN4O2. The van der Waals surface area contributed by atoms with E-state index in [-0.39, 0.29) is 11.8 Å². The number of carbonyl (C=O) groups excluding carboxylic acids is 1. The lowest BCUT2D eigenvalue weighted by molar-refractivity contribution is -0.143. The molecule has 0 aliphatic rings. The smallest absolute Gasteiger partial charge is 0.305 e. The van der Waals surface area contributed by atoms with E-state index in [2.05, 4.69) is 15.0 Å². The summed E-state index contributed by atoms with van der Waals surface area (Å²) in [6, 6.07) is 12.4. The maximum absolute atomic E-state index is 13.3. The quantitative estimate of drug-likeness (QED) is 0.270. The van der Waals surface area contributed by atoms with Crippen molar-refractivity contribution >= 4 is 17.6 Å². The predicted octanol–water partition coefficient (Wildman–Crippen LogP) is 5.66. The molecule has 0 spiro atoms. The summed E-state index contributed by atoms with van der Waals surface area (Å²) in [7, 11) is 1.90. The second-order valence-electron chi connectivity index (χ2n) is 7.73. The number of rotatable bonds is 12. The molecule has 0 amide bonds. The molecule has 2 heterocycles. The molecule has 0 N–H and O–H groups in total. The first-order chi connectivity index (χ1) is 15.6. The number of carbonyl (C=O) groups is 1. The third kappa shape index (κ3) is 6.90. The van der Waals surface area contributed by atoms with Crippen molar-refractivity contribution in [3.63, 3.8) is 0 Å². The fourth-order valence-electron chi connectivity index (χ4n) is 3.58. The van der Waals surface area contributed by atoms with E-state index in [1.807, 2.05) is 38.4 Å². The molecule has 0 saturated heterocycles. The summed E-state index contributed by atoms with van der Waals surface area (Å²) in [5.74, 6) is 1.30. The zero-order valence-electron chi connectivity index (χ0n) is 18.8. The normalized spacial score (nSPS) is 10.8. The van der Waals surface area contributed by atoms with Gasteiger partial charge in [-0.1, -0.05) is 31.4 Å². The van der Waals surface area contributed by atoms with Crippen LogP contribution in [0.3, 0.4) is 0 Å². The first kappa shape index (κ1) is 23.4. The Morgan fingerprint density at radius 2 is 1.75 bits per heavy atom. The number of aryl methyl sites for hydroxylation is 1. The van der Waals surface area contributed by atoms with Gasteiger partial charge < -0.3 is 9.64 Å². The Balaban J connectivity index is 1.61. The second-order valence-corrected chi connectivity index (χ2v) is 7.73. The van der Waals surface area contributed by atoms with Crippen LogP contribution in [-0.2, 0) is 16.6 Å². The van der Waals surface area contributed by atoms with Crippen LogP contribution in [0.15, 0.2) is 54.9 Å². The maximum Gasteiger partial charge on any atom is 0.305 e. The van der Waals surface area contributed by atoms with Gasteiger partial charge in [-0.2, -0.15) is 5.10 Å². The van der Waals surface area contributed by atoms with Gasteiger partial charge in [0.05, 0.1) is 6.61 Å². The van der Waals surface area contributed by atoms with Crippen LogP contribution in [0.25, 0.3) is 11.1 Å². The number of esters is 1. The van der Waals surface area contributed by atoms with Crippen LogP contribution in [0.2, 0.25) is 0 Å². The number of aromatic nitrogens is 3. The fourth-order valence-corrected chi connectivity index (χ4v) is 3.58. The maximum atomic E-state index is 13.3. The first-order valence-electron chi connectivity index (χ1n) is 11.2. The Hall–Kier alpha value is -3.22. The van der Waals surface area contributed by atoms with Gasteiger partial charge in [0.15, 0.2) is 5.82 Å². The van der Waals surface area contributed by atoms with Crippen LogP contribution in [0.1, 0.15) is 45.4 Å². The highest BCUT2D eigenvalue weighted by Gasteiger charge is 2.14. The molecule has 3 rings (SSSR count). The summed E-state index contributed by atoms with van der Waals surface area (Å²) in [6.07, 6.45) is 9.18. The number of nitrogens with zero attached hydrogens (tertiary/aromatic N) is 4. The molecule has 32 heavy (non-hydrogen) atoms. The van der Waals surface area contributed by atoms with E-state index in [9.17, 15) is 9.18 Å². The minimum Gasteiger partial charge on any atom is -0.466 e. The van der Waals surface area contributed by atoms with Gasteiger partial charge in [0.2, 0.25) is 0 Å². The molecule has 2 aromatic heterocycles. The lowest BCUT2D eigenvalue weighted by Gasteiger charge is -2.22. The molecule has 7 heteroatoms. The van der Waals surface area contributed by atoms with E-state index in [1.165, 1.54) is 12.1 Å². The lowest BCUT2D eigenvalue weighted by atomic mass is 10.1. The molecule has 0 saturated carbocycles. The fraction of sp³-hybridized carbons (Fsp3) is 0.400. The van der Waals surface area contributed by atoms with Gasteiger partial charge in [-0.3, -0.25) is 9.48 Å². The summed E-state index contributed by atoms with van der Waals surface area (Å²) >= 11 is 0. The van der Waals surface area contributed by atoms with Crippen LogP contribution in [0, 0.1) is 5.82 Å². The van der Waals surface area contributed by atoms with Crippen molar-refractivity contribution in [1.29, 1.82) is 0 Å². The van der Waals surface area contributed by atoms with Gasteiger partial charge >= 0.3 is 5.97 Å². The van der Waals surface area contributed by atoms with Crippen molar-refractivity contribution < 1.29 is 13.9 Å². The average Bonchev–Trinajstić information content (AvgIpc) is 3.22. The number of ether oxygens (including phenoxy) is 1. The van der Waals surface area contributed by atoms with E-state index in [0.717, 1.165) is 61.4 Å². The zero-order valence-corrected chi connectivity index (χ0v) is 18.8. The molecular weight excluding hydrogens is 407 g/mol. The molecule has 0 atom stereocenters. The van der Waals surface area contributed by atoms with Crippen LogP contribution in [0.4, 0.5) is 16.0 Å². The van der Waals surface area contributed by atoms with Crippen molar-refractivity contribution in [2.45, 2.75) is 45.4 Å². The predicted molar refractivity (Wildman–Crippen MR) is 124 cm³/mol. The Morgan fingerprint density at radius 1 is 1.00 bits per heavy atom. The van der Waals surface area contributed by atoms with Crippen LogP contribution >= 0.6 is 0 Å². The van der Waals surface area contributed by atoms with Gasteiger partial charge in [0.25, 0.3) is 0 Å². The molecule has 1 aromatic carbocycles. The Kier molecular flexibility index (Phi) is 8.78. The summed E-state index contributed by atoms with van der Waals surface area (Å²) in [6.45, 7) is 3.06. The number of benzene rings is 1. The number of halogens is 1. The van der Waals surface area contributed by atoms with E-state index < -0.39 is 0 Å². The lowest BCUT2D eigenvalue weighted by Crippen LogP contribution is -2.20. The molecule has 0 aliphatic heterocycles. The molecule has 0 radical (unpaired) electrons. The molecule has 6 nitrogen and oxygen atoms in total. The number of unbranched alkanes of at least 4 members (excludes halogenated alkanes) is 4. The highest BCUT2D eigenvalue weighted by Crippen LogP contribution is 2.27. The number of hydrogen-bond acceptors (Lipinski definition) is 5. The molecule has 0 aliphatic carbocycles. The summed E-state index contributed by atoms with van der Waals surface area (Å²) in [5, 5.41) is 4.57. The van der Waals surface area contributed by atoms with Gasteiger partial charge in [-0.25, -0.2) is 9.37 Å². The standard InChI is InChI=1S/C25H31FN4O2/c1-3-32-25(31)9-7-5-4-6-8-17-30(23-15-18-29(2)28-23)24-19-21(14-16-27-24)20-10-12-22(26)13-11-20/h10-16,18-19H,3-9,17H2,1-2H3. The number of hydrogen-bond donors (Lipinski definition) is 0. The van der Waals surface area contributed by atoms with Crippen molar-refractivity contribution in [3.8, 4) is 11.1 Å². The van der Waals surface area contributed by atoms with Crippen LogP contribution < -0.4 is 4.90 Å². The van der Waals surface area contributed by atoms with Gasteiger partial charge in [0.1, 0.15) is 11.6 Å². The Labute approximate surface area is 189 Å². The third-order valence-corrected chi connectivity index (χ3v) is 5.24. The van der Waals surface area contributed by atoms with E-state index in [1.54, 1.807) is 23.0 Å². The van der Waals surface area contributed by atoms with Crippen LogP contribution in [0.5, 0.6) is 0 Å². The van der Waals surface area contributed by atoms with E-state index in [4.69, 9.17) is 4.74 Å². The van der Waals surface area contributed by atoms with Crippen molar-refractivity contribution in [2.75, 3.05) is 18.1 Å². The number of anilines is 2. The topological polar surface area (TPSA) is 60.2 Å². The summed E-state index contributed by atoms with van der Waals surface area (Å²) in [5.41, 5.74) is 1.92. The van der Waals surface area contributed by atoms with Crippen LogP contribution in [-0.4, -0.2) is 33.9 Å². The average molecular weight is 439 g/mol. The van der Waals surface area contributed by atoms with E-state index in [0.29, 0.717) is 13.0 Å². The minimum absolute atomic E-state index is 0.110. The minimum atomic E-state index is -0.250. The molecule has 0 unspecified atom stereocenters.